The number of carbonyl (C=O) groups is 1. The molecule has 7 aliphatic rings. The highest BCUT2D eigenvalue weighted by atomic mass is 16.5. The summed E-state index contributed by atoms with van der Waals surface area (Å²) in [6, 6.07) is 31.4. The summed E-state index contributed by atoms with van der Waals surface area (Å²) in [5, 5.41) is 13.2. The number of carboxylic acids is 1. The highest BCUT2D eigenvalue weighted by molar-refractivity contribution is 6.07. The van der Waals surface area contributed by atoms with Crippen molar-refractivity contribution in [3.05, 3.63) is 168 Å². The molecule has 0 aromatic heterocycles. The van der Waals surface area contributed by atoms with Gasteiger partial charge in [-0.15, -0.1) is 0 Å². The van der Waals surface area contributed by atoms with Gasteiger partial charge in [-0.3, -0.25) is 4.79 Å². The summed E-state index contributed by atoms with van der Waals surface area (Å²) >= 11 is 0. The quantitative estimate of drug-likeness (QED) is 0.142. The van der Waals surface area contributed by atoms with Gasteiger partial charge < -0.3 is 19.2 Å². The van der Waals surface area contributed by atoms with Crippen LogP contribution >= 0.6 is 0 Å². The van der Waals surface area contributed by atoms with Crippen molar-refractivity contribution in [1.29, 1.82) is 0 Å². The van der Waals surface area contributed by atoms with E-state index in [0.29, 0.717) is 22.5 Å². The van der Waals surface area contributed by atoms with Gasteiger partial charge >= 0.3 is 5.97 Å². The van der Waals surface area contributed by atoms with Gasteiger partial charge in [0.05, 0.1) is 11.1 Å². The van der Waals surface area contributed by atoms with Crippen LogP contribution in [-0.2, 0) is 25.7 Å². The van der Waals surface area contributed by atoms with Crippen molar-refractivity contribution in [2.75, 3.05) is 31.1 Å². The second kappa shape index (κ2) is 15.2. The Kier molecular flexibility index (Phi) is 9.66. The average Bonchev–Trinajstić information content (AvgIpc) is 3.26. The molecule has 7 heteroatoms. The number of hydrogen-bond donors (Lipinski definition) is 1. The van der Waals surface area contributed by atoms with Crippen molar-refractivity contribution in [3.8, 4) is 33.9 Å². The number of carboxylic acid groups (broad SMARTS) is 1. The minimum atomic E-state index is -0.995. The molecule has 0 unspecified atom stereocenters. The number of anilines is 1. The molecular formula is C54H51N2O5+. The number of ether oxygens (including phenoxy) is 1. The van der Waals surface area contributed by atoms with Gasteiger partial charge in [0.15, 0.2) is 5.43 Å². The van der Waals surface area contributed by atoms with E-state index in [1.165, 1.54) is 138 Å². The van der Waals surface area contributed by atoms with Crippen LogP contribution < -0.4 is 30.2 Å². The third kappa shape index (κ3) is 6.44. The van der Waals surface area contributed by atoms with E-state index in [1.807, 2.05) is 25.1 Å². The molecular weight excluding hydrogens is 757 g/mol. The first kappa shape index (κ1) is 38.7. The molecule has 1 N–H and O–H groups in total. The van der Waals surface area contributed by atoms with E-state index < -0.39 is 5.97 Å². The van der Waals surface area contributed by atoms with Crippen LogP contribution in [0.5, 0.6) is 11.5 Å². The molecule has 5 aromatic carbocycles. The molecule has 0 amide bonds. The van der Waals surface area contributed by atoms with Crippen molar-refractivity contribution >= 4 is 28.2 Å². The summed E-state index contributed by atoms with van der Waals surface area (Å²) in [6.45, 7) is 8.91. The average molecular weight is 808 g/mol. The summed E-state index contributed by atoms with van der Waals surface area (Å²) in [4.78, 5) is 26.1. The summed E-state index contributed by atoms with van der Waals surface area (Å²) in [5.74, 6) is 1.76. The molecule has 0 fully saturated rings. The molecule has 0 saturated carbocycles. The van der Waals surface area contributed by atoms with Gasteiger partial charge in [-0.05, 0) is 111 Å². The SMILES string of the molecule is C.Cc1ccc(C2=c3cc4c5c(c3Oc3c2cc2c6c3CCCN6CCC2)CCC[N+]=5CCC4)cc1.Cc1ccc2c(-c3ccccc3C(=O)O)c3ccc(=O)cc-3oc2c1. The molecule has 0 radical (unpaired) electrons. The Labute approximate surface area is 356 Å². The first-order valence-corrected chi connectivity index (χ1v) is 21.6. The van der Waals surface area contributed by atoms with Crippen molar-refractivity contribution in [2.24, 2.45) is 0 Å². The van der Waals surface area contributed by atoms with Gasteiger partial charge in [0.1, 0.15) is 35.9 Å². The first-order valence-electron chi connectivity index (χ1n) is 21.6. The van der Waals surface area contributed by atoms with Gasteiger partial charge in [-0.25, -0.2) is 9.37 Å². The third-order valence-corrected chi connectivity index (χ3v) is 13.3. The number of aryl methyl sites for hydroxylation is 4. The van der Waals surface area contributed by atoms with Gasteiger partial charge in [-0.2, -0.15) is 0 Å². The number of hydrogen-bond acceptors (Lipinski definition) is 5. The van der Waals surface area contributed by atoms with Crippen LogP contribution in [0.25, 0.3) is 39.0 Å². The van der Waals surface area contributed by atoms with E-state index in [2.05, 4.69) is 52.8 Å². The Balaban J connectivity index is 0.000000152. The van der Waals surface area contributed by atoms with Gasteiger partial charge in [0, 0.05) is 81.7 Å². The van der Waals surface area contributed by atoms with E-state index in [1.54, 1.807) is 30.3 Å². The normalized spacial score (nSPS) is 15.7. The summed E-state index contributed by atoms with van der Waals surface area (Å²) in [6.07, 6.45) is 9.60. The third-order valence-electron chi connectivity index (χ3n) is 13.3. The lowest BCUT2D eigenvalue weighted by molar-refractivity contribution is 0.0697. The first-order chi connectivity index (χ1) is 29.3. The zero-order valence-corrected chi connectivity index (χ0v) is 34.2. The van der Waals surface area contributed by atoms with E-state index in [-0.39, 0.29) is 18.4 Å². The molecule has 6 heterocycles. The zero-order valence-electron chi connectivity index (χ0n) is 34.2. The van der Waals surface area contributed by atoms with E-state index >= 15 is 0 Å². The number of fused-ring (bicyclic) bond motifs is 6. The number of aromatic carboxylic acids is 1. The summed E-state index contributed by atoms with van der Waals surface area (Å²) in [5.41, 5.74) is 16.6. The lowest BCUT2D eigenvalue weighted by Gasteiger charge is -2.39. The molecule has 0 spiro atoms. The lowest BCUT2D eigenvalue weighted by Crippen LogP contribution is -2.45. The van der Waals surface area contributed by atoms with Crippen molar-refractivity contribution in [2.45, 2.75) is 72.6 Å². The van der Waals surface area contributed by atoms with Gasteiger partial charge in [-0.1, -0.05) is 67.6 Å². The predicted octanol–water partition coefficient (Wildman–Crippen LogP) is 9.64. The predicted molar refractivity (Wildman–Crippen MR) is 244 cm³/mol. The van der Waals surface area contributed by atoms with Gasteiger partial charge in [0.2, 0.25) is 5.36 Å². The molecule has 7 nitrogen and oxygen atoms in total. The Hall–Kier alpha value is -6.47. The van der Waals surface area contributed by atoms with Crippen LogP contribution in [0.4, 0.5) is 5.69 Å². The Morgan fingerprint density at radius 1 is 0.705 bits per heavy atom. The van der Waals surface area contributed by atoms with Crippen LogP contribution in [0.2, 0.25) is 0 Å². The maximum atomic E-state index is 11.8. The summed E-state index contributed by atoms with van der Waals surface area (Å²) < 4.78 is 15.7. The maximum absolute atomic E-state index is 11.8. The van der Waals surface area contributed by atoms with E-state index in [9.17, 15) is 14.7 Å². The van der Waals surface area contributed by atoms with Crippen LogP contribution in [0.1, 0.15) is 88.0 Å². The zero-order chi connectivity index (χ0) is 40.6. The fraction of sp³-hybridized carbons (Fsp3) is 0.278. The topological polar surface area (TPSA) is 83.0 Å². The van der Waals surface area contributed by atoms with Crippen LogP contribution in [0.15, 0.2) is 106 Å². The minimum Gasteiger partial charge on any atom is -0.478 e. The smallest absolute Gasteiger partial charge is 0.336 e. The van der Waals surface area contributed by atoms with Gasteiger partial charge in [0.25, 0.3) is 0 Å². The Morgan fingerprint density at radius 3 is 2.26 bits per heavy atom. The van der Waals surface area contributed by atoms with Crippen LogP contribution in [0, 0.1) is 13.8 Å². The standard InChI is InChI=1S/C32H33N2O.C21H14O4.CH4/c1-20-10-12-21(13-11-20)28-26-18-22-6-2-14-33-16-4-8-24(29(22)33)31(26)35-32-25-9-5-17-34-15-3-7-23(30(25)34)19-27(28)32;1-12-6-8-16-18(10-12)25-19-11-13(22)7-9-17(19)20(16)14-4-2-3-5-15(14)21(23)24;/h10-13,18-19H,2-9,14-17H2,1H3;2-11H,1H3,(H,23,24);1H4/q+1;;. The van der Waals surface area contributed by atoms with E-state index in [0.717, 1.165) is 40.9 Å². The second-order valence-corrected chi connectivity index (χ2v) is 17.2. The second-order valence-electron chi connectivity index (χ2n) is 17.2. The number of rotatable bonds is 3. The Bertz CT molecular complexity index is 3100. The van der Waals surface area contributed by atoms with Crippen molar-refractivity contribution < 1.29 is 19.1 Å². The molecule has 6 aliphatic heterocycles. The molecule has 0 bridgehead atoms. The summed E-state index contributed by atoms with van der Waals surface area (Å²) in [7, 11) is 0. The minimum absolute atomic E-state index is 0. The van der Waals surface area contributed by atoms with E-state index in [4.69, 9.17) is 9.15 Å². The number of nitrogens with zero attached hydrogens (tertiary/aromatic N) is 2. The molecule has 12 rings (SSSR count). The molecule has 306 valence electrons. The largest absolute Gasteiger partial charge is 0.478 e. The number of benzene rings is 6. The highest BCUT2D eigenvalue weighted by Gasteiger charge is 2.35. The van der Waals surface area contributed by atoms with Crippen LogP contribution in [-0.4, -0.2) is 37.3 Å². The molecule has 5 aromatic rings. The molecule has 0 atom stereocenters. The van der Waals surface area contributed by atoms with Crippen molar-refractivity contribution in [1.82, 2.24) is 4.58 Å². The Morgan fingerprint density at radius 2 is 1.44 bits per heavy atom. The highest BCUT2D eigenvalue weighted by Crippen LogP contribution is 2.48. The van der Waals surface area contributed by atoms with Crippen LogP contribution in [0.3, 0.4) is 0 Å². The molecule has 0 saturated heterocycles. The maximum Gasteiger partial charge on any atom is 0.336 e. The lowest BCUT2D eigenvalue weighted by atomic mass is 9.82. The molecule has 61 heavy (non-hydrogen) atoms. The fourth-order valence-electron chi connectivity index (χ4n) is 10.7. The monoisotopic (exact) mass is 807 g/mol. The van der Waals surface area contributed by atoms with Crippen molar-refractivity contribution in [3.63, 3.8) is 0 Å². The fourth-order valence-corrected chi connectivity index (χ4v) is 10.7. The molecule has 1 aliphatic carbocycles.